The van der Waals surface area contributed by atoms with Crippen molar-refractivity contribution in [1.29, 1.82) is 0 Å². The minimum atomic E-state index is -4.21. The summed E-state index contributed by atoms with van der Waals surface area (Å²) in [5.41, 5.74) is -0.689. The average Bonchev–Trinajstić information content (AvgIpc) is 3.63. The normalized spacial score (nSPS) is 19.1. The molecule has 16 heteroatoms. The third kappa shape index (κ3) is 11.7. The Kier molecular flexibility index (Phi) is 15.1. The van der Waals surface area contributed by atoms with E-state index in [0.717, 1.165) is 32.1 Å². The molecule has 1 aliphatic heterocycles. The minimum Gasteiger partial charge on any atom is -0.472 e. The molecular formula is C42H53ClN6O8S. The molecule has 3 heterocycles. The number of sulfonamides is 1. The van der Waals surface area contributed by atoms with Gasteiger partial charge in [0.15, 0.2) is 11.6 Å². The number of halogens is 1. The van der Waals surface area contributed by atoms with Gasteiger partial charge < -0.3 is 15.0 Å². The third-order valence-electron chi connectivity index (χ3n) is 10.9. The fourth-order valence-corrected chi connectivity index (χ4v) is 8.96. The van der Waals surface area contributed by atoms with Crippen LogP contribution in [0.1, 0.15) is 102 Å². The Labute approximate surface area is 345 Å². The van der Waals surface area contributed by atoms with Crippen LogP contribution in [0.25, 0.3) is 0 Å². The molecule has 58 heavy (non-hydrogen) atoms. The number of likely N-dealkylation sites (tertiary alicyclic amines) is 1. The van der Waals surface area contributed by atoms with Crippen LogP contribution >= 0.6 is 11.6 Å². The van der Waals surface area contributed by atoms with Gasteiger partial charge in [-0.3, -0.25) is 29.0 Å². The lowest BCUT2D eigenvalue weighted by molar-refractivity contribution is -0.145. The van der Waals surface area contributed by atoms with Crippen molar-refractivity contribution in [2.75, 3.05) is 6.54 Å². The molecular weight excluding hydrogens is 784 g/mol. The zero-order chi connectivity index (χ0) is 42.0. The Morgan fingerprint density at radius 1 is 0.931 bits per heavy atom. The molecule has 2 N–H and O–H groups in total. The molecule has 3 aromatic rings. The minimum absolute atomic E-state index is 0.0355. The average molecular weight is 837 g/mol. The van der Waals surface area contributed by atoms with Crippen LogP contribution in [0.15, 0.2) is 72.1 Å². The van der Waals surface area contributed by atoms with E-state index in [-0.39, 0.29) is 60.4 Å². The number of pyridine rings is 1. The maximum Gasteiger partial charge on any atom is 0.264 e. The highest BCUT2D eigenvalue weighted by atomic mass is 35.5. The van der Waals surface area contributed by atoms with Gasteiger partial charge in [0.05, 0.1) is 28.7 Å². The molecule has 1 saturated carbocycles. The highest BCUT2D eigenvalue weighted by molar-refractivity contribution is 7.90. The summed E-state index contributed by atoms with van der Waals surface area (Å²) in [6.07, 6.45) is 9.71. The Morgan fingerprint density at radius 2 is 1.66 bits per heavy atom. The Bertz CT molecular complexity index is 2010. The highest BCUT2D eigenvalue weighted by Crippen LogP contribution is 2.35. The van der Waals surface area contributed by atoms with E-state index in [0.29, 0.717) is 11.4 Å². The van der Waals surface area contributed by atoms with E-state index in [1.165, 1.54) is 41.8 Å². The van der Waals surface area contributed by atoms with Crippen molar-refractivity contribution >= 4 is 50.9 Å². The van der Waals surface area contributed by atoms with E-state index in [1.807, 2.05) is 27.7 Å². The molecule has 1 saturated heterocycles. The van der Waals surface area contributed by atoms with Crippen molar-refractivity contribution in [2.24, 2.45) is 23.2 Å². The number of hydrogen-bond donors (Lipinski definition) is 2. The third-order valence-corrected chi connectivity index (χ3v) is 12.4. The summed E-state index contributed by atoms with van der Waals surface area (Å²) < 4.78 is 34.4. The summed E-state index contributed by atoms with van der Waals surface area (Å²) in [4.78, 5) is 84.1. The van der Waals surface area contributed by atoms with Crippen LogP contribution in [-0.4, -0.2) is 82.3 Å². The molecule has 14 nitrogen and oxygen atoms in total. The largest absolute Gasteiger partial charge is 0.472 e. The Morgan fingerprint density at radius 3 is 2.28 bits per heavy atom. The molecule has 2 aliphatic rings. The molecule has 1 aromatic carbocycles. The number of Topliss-reactive ketones (excluding diaryl/α,β-unsaturated/α-hetero) is 2. The first kappa shape index (κ1) is 44.3. The second-order valence-corrected chi connectivity index (χ2v) is 18.4. The summed E-state index contributed by atoms with van der Waals surface area (Å²) in [6, 6.07) is 8.45. The predicted molar refractivity (Wildman–Crippen MR) is 216 cm³/mol. The first-order chi connectivity index (χ1) is 27.6. The quantitative estimate of drug-likeness (QED) is 0.157. The van der Waals surface area contributed by atoms with Gasteiger partial charge in [-0.1, -0.05) is 83.2 Å². The van der Waals surface area contributed by atoms with E-state index in [4.69, 9.17) is 16.3 Å². The van der Waals surface area contributed by atoms with Gasteiger partial charge in [-0.2, -0.15) is 0 Å². The Balaban J connectivity index is 1.41. The second kappa shape index (κ2) is 19.8. The molecule has 2 aromatic heterocycles. The van der Waals surface area contributed by atoms with Gasteiger partial charge in [0, 0.05) is 55.8 Å². The highest BCUT2D eigenvalue weighted by Gasteiger charge is 2.47. The lowest BCUT2D eigenvalue weighted by Crippen LogP contribution is -2.58. The lowest BCUT2D eigenvalue weighted by atomic mass is 9.76. The number of aromatic nitrogens is 3. The van der Waals surface area contributed by atoms with Gasteiger partial charge >= 0.3 is 0 Å². The standard InChI is InChI=1S/C42H53ClN6O8S/c1-5-12-28(39(52)48-58(55,56)31-15-10-7-11-16-31)21-36(51)34-22-30(57-37-18-17-29(43)24-46-37)26-49(34)41(54)38(42(2,3)4)47-40(53)32(27-13-8-6-9-14-27)23-35(50)33-25-44-19-20-45-33/h7,10-11,15-20,24-25,27-28,30,32,34,38H,5-6,8-9,12-14,21-23,26H2,1-4H3,(H,47,53)(H,48,52)/t28-,30-,32+,34+,38-/m1/s1. The molecule has 5 rings (SSSR count). The topological polar surface area (TPSA) is 195 Å². The summed E-state index contributed by atoms with van der Waals surface area (Å²) in [6.45, 7) is 7.21. The van der Waals surface area contributed by atoms with Crippen molar-refractivity contribution in [3.63, 3.8) is 0 Å². The van der Waals surface area contributed by atoms with E-state index in [1.54, 1.807) is 30.3 Å². The molecule has 1 aliphatic carbocycles. The van der Waals surface area contributed by atoms with Crippen molar-refractivity contribution in [2.45, 2.75) is 115 Å². The number of rotatable bonds is 17. The van der Waals surface area contributed by atoms with E-state index in [9.17, 15) is 32.4 Å². The van der Waals surface area contributed by atoms with Crippen LogP contribution in [0.3, 0.4) is 0 Å². The van der Waals surface area contributed by atoms with Gasteiger partial charge in [0.25, 0.3) is 10.0 Å². The number of benzene rings is 1. The van der Waals surface area contributed by atoms with Crippen LogP contribution in [-0.2, 0) is 29.2 Å². The number of carbonyl (C=O) groups is 5. The van der Waals surface area contributed by atoms with Gasteiger partial charge in [0.2, 0.25) is 23.6 Å². The summed E-state index contributed by atoms with van der Waals surface area (Å²) in [5, 5.41) is 3.41. The first-order valence-corrected chi connectivity index (χ1v) is 21.8. The molecule has 5 atom stereocenters. The predicted octanol–water partition coefficient (Wildman–Crippen LogP) is 5.75. The number of nitrogens with zero attached hydrogens (tertiary/aromatic N) is 4. The molecule has 2 fully saturated rings. The molecule has 0 spiro atoms. The van der Waals surface area contributed by atoms with Crippen LogP contribution < -0.4 is 14.8 Å². The first-order valence-electron chi connectivity index (χ1n) is 19.9. The number of hydrogen-bond acceptors (Lipinski definition) is 11. The summed E-state index contributed by atoms with van der Waals surface area (Å²) >= 11 is 6.04. The number of ketones is 2. The van der Waals surface area contributed by atoms with Crippen molar-refractivity contribution in [3.05, 3.63) is 78.0 Å². The number of amides is 3. The van der Waals surface area contributed by atoms with Crippen molar-refractivity contribution < 1.29 is 37.1 Å². The SMILES string of the molecule is CCC[C@H](CC(=O)[C@@H]1C[C@@H](Oc2ccc(Cl)cn2)CN1C(=O)[C@@H](NC(=O)[C@@H](CC(=O)c1cnccn1)C1CCCCC1)C(C)(C)C)C(=O)NS(=O)(=O)c1ccccc1. The van der Waals surface area contributed by atoms with Crippen LogP contribution in [0.4, 0.5) is 0 Å². The maximum absolute atomic E-state index is 14.8. The molecule has 3 amide bonds. The van der Waals surface area contributed by atoms with E-state index in [2.05, 4.69) is 25.0 Å². The van der Waals surface area contributed by atoms with Crippen LogP contribution in [0, 0.1) is 23.2 Å². The van der Waals surface area contributed by atoms with Crippen molar-refractivity contribution in [1.82, 2.24) is 29.9 Å². The zero-order valence-electron chi connectivity index (χ0n) is 33.4. The fourth-order valence-electron chi connectivity index (χ4n) is 7.78. The van der Waals surface area contributed by atoms with Gasteiger partial charge in [-0.15, -0.1) is 0 Å². The van der Waals surface area contributed by atoms with Gasteiger partial charge in [0.1, 0.15) is 17.8 Å². The van der Waals surface area contributed by atoms with Gasteiger partial charge in [-0.25, -0.2) is 23.1 Å². The molecule has 0 bridgehead atoms. The monoisotopic (exact) mass is 836 g/mol. The van der Waals surface area contributed by atoms with Gasteiger partial charge in [-0.05, 0) is 48.8 Å². The maximum atomic E-state index is 14.8. The second-order valence-electron chi connectivity index (χ2n) is 16.3. The van der Waals surface area contributed by atoms with Crippen LogP contribution in [0.2, 0.25) is 5.02 Å². The number of carbonyl (C=O) groups excluding carboxylic acids is 5. The van der Waals surface area contributed by atoms with E-state index >= 15 is 0 Å². The lowest BCUT2D eigenvalue weighted by Gasteiger charge is -2.37. The number of nitrogens with one attached hydrogen (secondary N) is 2. The zero-order valence-corrected chi connectivity index (χ0v) is 35.0. The fraction of sp³-hybridized carbons (Fsp3) is 0.524. The molecule has 0 unspecified atom stereocenters. The summed E-state index contributed by atoms with van der Waals surface area (Å²) in [7, 11) is -4.21. The smallest absolute Gasteiger partial charge is 0.264 e. The Hall–Kier alpha value is -4.76. The molecule has 0 radical (unpaired) electrons. The number of ether oxygens (including phenoxy) is 1. The van der Waals surface area contributed by atoms with E-state index < -0.39 is 69.0 Å². The summed E-state index contributed by atoms with van der Waals surface area (Å²) in [5.74, 6) is -4.14. The molecule has 312 valence electrons. The van der Waals surface area contributed by atoms with Crippen LogP contribution in [0.5, 0.6) is 5.88 Å². The van der Waals surface area contributed by atoms with Crippen molar-refractivity contribution in [3.8, 4) is 5.88 Å².